The van der Waals surface area contributed by atoms with Crippen LogP contribution in [-0.2, 0) is 16.6 Å². The summed E-state index contributed by atoms with van der Waals surface area (Å²) in [5, 5.41) is 9.90. The molecular formula is C19H28ClNO2. The van der Waals surface area contributed by atoms with Crippen molar-refractivity contribution >= 4 is 12.4 Å². The van der Waals surface area contributed by atoms with E-state index in [2.05, 4.69) is 24.8 Å². The zero-order chi connectivity index (χ0) is 15.3. The Bertz CT molecular complexity index is 572. The van der Waals surface area contributed by atoms with Crippen molar-refractivity contribution in [3.63, 3.8) is 0 Å². The van der Waals surface area contributed by atoms with Crippen LogP contribution in [0.4, 0.5) is 0 Å². The molecule has 3 aliphatic rings. The molecule has 2 bridgehead atoms. The largest absolute Gasteiger partial charge is 0.508 e. The van der Waals surface area contributed by atoms with Crippen LogP contribution in [-0.4, -0.2) is 41.8 Å². The van der Waals surface area contributed by atoms with E-state index in [1.807, 2.05) is 12.1 Å². The number of rotatable bonds is 2. The molecule has 1 aromatic carbocycles. The van der Waals surface area contributed by atoms with Gasteiger partial charge in [-0.05, 0) is 66.8 Å². The lowest BCUT2D eigenvalue weighted by molar-refractivity contribution is -0.00671. The Morgan fingerprint density at radius 1 is 1.39 bits per heavy atom. The Balaban J connectivity index is 0.00000156. The highest BCUT2D eigenvalue weighted by Crippen LogP contribution is 2.49. The Labute approximate surface area is 145 Å². The van der Waals surface area contributed by atoms with E-state index < -0.39 is 0 Å². The van der Waals surface area contributed by atoms with Crippen LogP contribution in [0.15, 0.2) is 18.2 Å². The minimum absolute atomic E-state index is 0. The number of ether oxygens (including phenoxy) is 1. The lowest BCUT2D eigenvalue weighted by atomic mass is 9.59. The van der Waals surface area contributed by atoms with Gasteiger partial charge in [0.15, 0.2) is 0 Å². The first-order valence-electron chi connectivity index (χ1n) is 8.76. The monoisotopic (exact) mass is 337 g/mol. The summed E-state index contributed by atoms with van der Waals surface area (Å²) in [4.78, 5) is 2.68. The zero-order valence-electron chi connectivity index (χ0n) is 14.1. The third-order valence-corrected chi connectivity index (χ3v) is 6.57. The molecule has 0 aromatic heterocycles. The summed E-state index contributed by atoms with van der Waals surface area (Å²) in [6.07, 6.45) is 5.17. The SMILES string of the molecule is CC1[C@@H]2Cc3ccc(O)cc3[C@@]1(C)CCN2C[C@@H]1CCCO1.Cl. The zero-order valence-corrected chi connectivity index (χ0v) is 14.9. The number of fused-ring (bicyclic) bond motifs is 4. The third-order valence-electron chi connectivity index (χ3n) is 6.57. The fraction of sp³-hybridized carbons (Fsp3) is 0.684. The van der Waals surface area contributed by atoms with Crippen molar-refractivity contribution in [3.8, 4) is 5.75 Å². The van der Waals surface area contributed by atoms with Gasteiger partial charge in [-0.15, -0.1) is 12.4 Å². The number of aromatic hydroxyl groups is 1. The minimum atomic E-state index is 0. The van der Waals surface area contributed by atoms with Crippen LogP contribution >= 0.6 is 12.4 Å². The molecule has 4 atom stereocenters. The normalized spacial score (nSPS) is 36.3. The van der Waals surface area contributed by atoms with Gasteiger partial charge < -0.3 is 9.84 Å². The number of phenolic OH excluding ortho intramolecular Hbond substituents is 1. The number of piperidine rings is 1. The predicted octanol–water partition coefficient (Wildman–Crippen LogP) is 3.52. The number of hydrogen-bond acceptors (Lipinski definition) is 3. The smallest absolute Gasteiger partial charge is 0.115 e. The van der Waals surface area contributed by atoms with Crippen LogP contribution in [0.5, 0.6) is 5.75 Å². The highest BCUT2D eigenvalue weighted by atomic mass is 35.5. The maximum Gasteiger partial charge on any atom is 0.115 e. The molecule has 1 aromatic rings. The summed E-state index contributed by atoms with van der Waals surface area (Å²) in [6.45, 7) is 7.99. The summed E-state index contributed by atoms with van der Waals surface area (Å²) >= 11 is 0. The van der Waals surface area contributed by atoms with Crippen molar-refractivity contribution < 1.29 is 9.84 Å². The van der Waals surface area contributed by atoms with E-state index in [1.165, 1.54) is 30.4 Å². The number of likely N-dealkylation sites (tertiary alicyclic amines) is 1. The molecule has 4 rings (SSSR count). The van der Waals surface area contributed by atoms with Crippen molar-refractivity contribution in [2.24, 2.45) is 5.92 Å². The Morgan fingerprint density at radius 3 is 2.96 bits per heavy atom. The fourth-order valence-electron chi connectivity index (χ4n) is 4.97. The Kier molecular flexibility index (Phi) is 4.65. The van der Waals surface area contributed by atoms with Crippen LogP contribution in [0, 0.1) is 5.92 Å². The molecule has 1 N–H and O–H groups in total. The van der Waals surface area contributed by atoms with E-state index in [0.717, 1.165) is 26.1 Å². The van der Waals surface area contributed by atoms with Gasteiger partial charge in [-0.1, -0.05) is 19.9 Å². The maximum atomic E-state index is 9.90. The number of nitrogens with zero attached hydrogens (tertiary/aromatic N) is 1. The van der Waals surface area contributed by atoms with Gasteiger partial charge in [0, 0.05) is 19.2 Å². The minimum Gasteiger partial charge on any atom is -0.508 e. The second-order valence-electron chi connectivity index (χ2n) is 7.70. The quantitative estimate of drug-likeness (QED) is 0.896. The van der Waals surface area contributed by atoms with Crippen molar-refractivity contribution in [3.05, 3.63) is 29.3 Å². The van der Waals surface area contributed by atoms with Crippen LogP contribution in [0.1, 0.15) is 44.2 Å². The highest BCUT2D eigenvalue weighted by Gasteiger charge is 2.48. The highest BCUT2D eigenvalue weighted by molar-refractivity contribution is 5.85. The molecule has 2 saturated heterocycles. The first kappa shape index (κ1) is 17.1. The molecule has 128 valence electrons. The van der Waals surface area contributed by atoms with E-state index in [-0.39, 0.29) is 17.8 Å². The van der Waals surface area contributed by atoms with Gasteiger partial charge in [0.25, 0.3) is 0 Å². The summed E-state index contributed by atoms with van der Waals surface area (Å²) < 4.78 is 5.86. The van der Waals surface area contributed by atoms with Crippen molar-refractivity contribution in [1.29, 1.82) is 0 Å². The number of phenols is 1. The van der Waals surface area contributed by atoms with Crippen molar-refractivity contribution in [2.45, 2.75) is 57.1 Å². The van der Waals surface area contributed by atoms with Gasteiger partial charge in [0.1, 0.15) is 5.75 Å². The second-order valence-corrected chi connectivity index (χ2v) is 7.70. The fourth-order valence-corrected chi connectivity index (χ4v) is 4.97. The van der Waals surface area contributed by atoms with Crippen molar-refractivity contribution in [1.82, 2.24) is 4.90 Å². The van der Waals surface area contributed by atoms with Crippen LogP contribution in [0.2, 0.25) is 0 Å². The molecule has 4 heteroatoms. The number of benzene rings is 1. The average Bonchev–Trinajstić information content (AvgIpc) is 3.00. The van der Waals surface area contributed by atoms with E-state index in [1.54, 1.807) is 0 Å². The molecule has 1 aliphatic carbocycles. The average molecular weight is 338 g/mol. The molecule has 1 unspecified atom stereocenters. The van der Waals surface area contributed by atoms with Gasteiger partial charge in [-0.3, -0.25) is 4.90 Å². The van der Waals surface area contributed by atoms with Gasteiger partial charge in [0.2, 0.25) is 0 Å². The van der Waals surface area contributed by atoms with Gasteiger partial charge in [0.05, 0.1) is 6.10 Å². The van der Waals surface area contributed by atoms with E-state index in [9.17, 15) is 5.11 Å². The Morgan fingerprint density at radius 2 is 2.22 bits per heavy atom. The van der Waals surface area contributed by atoms with Crippen LogP contribution in [0.25, 0.3) is 0 Å². The van der Waals surface area contributed by atoms with E-state index >= 15 is 0 Å². The summed E-state index contributed by atoms with van der Waals surface area (Å²) in [5.74, 6) is 1.03. The topological polar surface area (TPSA) is 32.7 Å². The molecular weight excluding hydrogens is 310 g/mol. The first-order chi connectivity index (χ1) is 10.6. The predicted molar refractivity (Wildman–Crippen MR) is 94.5 cm³/mol. The summed E-state index contributed by atoms with van der Waals surface area (Å²) in [6, 6.07) is 6.60. The molecule has 2 aliphatic heterocycles. The maximum absolute atomic E-state index is 9.90. The van der Waals surface area contributed by atoms with Crippen LogP contribution in [0.3, 0.4) is 0 Å². The number of hydrogen-bond donors (Lipinski definition) is 1. The van der Waals surface area contributed by atoms with Gasteiger partial charge in [-0.2, -0.15) is 0 Å². The lowest BCUT2D eigenvalue weighted by Crippen LogP contribution is -2.59. The van der Waals surface area contributed by atoms with Crippen LogP contribution < -0.4 is 0 Å². The van der Waals surface area contributed by atoms with E-state index in [4.69, 9.17) is 4.74 Å². The van der Waals surface area contributed by atoms with E-state index in [0.29, 0.717) is 23.8 Å². The standard InChI is InChI=1S/C19H27NO2.ClH/c1-13-18-10-14-5-6-15(21)11-17(14)19(13,2)7-8-20(18)12-16-4-3-9-22-16;/h5-6,11,13,16,18,21H,3-4,7-10,12H2,1-2H3;1H/t13?,16-,18-,19-;/m0./s1. The molecule has 0 saturated carbocycles. The third kappa shape index (κ3) is 2.77. The van der Waals surface area contributed by atoms with Gasteiger partial charge in [-0.25, -0.2) is 0 Å². The molecule has 2 heterocycles. The van der Waals surface area contributed by atoms with Gasteiger partial charge >= 0.3 is 0 Å². The number of halogens is 1. The summed E-state index contributed by atoms with van der Waals surface area (Å²) in [7, 11) is 0. The Hall–Kier alpha value is -0.770. The first-order valence-corrected chi connectivity index (χ1v) is 8.76. The lowest BCUT2D eigenvalue weighted by Gasteiger charge is -2.55. The molecule has 0 spiro atoms. The second kappa shape index (κ2) is 6.27. The molecule has 0 radical (unpaired) electrons. The molecule has 3 nitrogen and oxygen atoms in total. The molecule has 23 heavy (non-hydrogen) atoms. The summed E-state index contributed by atoms with van der Waals surface area (Å²) in [5.41, 5.74) is 3.01. The molecule has 2 fully saturated rings. The van der Waals surface area contributed by atoms with Crippen molar-refractivity contribution in [2.75, 3.05) is 19.7 Å². The molecule has 0 amide bonds.